The zero-order valence-corrected chi connectivity index (χ0v) is 10.7. The lowest BCUT2D eigenvalue weighted by molar-refractivity contribution is 0.506. The maximum Gasteiger partial charge on any atom is 0.137 e. The molecule has 0 saturated heterocycles. The van der Waals surface area contributed by atoms with E-state index in [0.29, 0.717) is 0 Å². The van der Waals surface area contributed by atoms with Crippen LogP contribution in [0.5, 0.6) is 0 Å². The normalized spacial score (nSPS) is 11.0. The summed E-state index contributed by atoms with van der Waals surface area (Å²) in [6.45, 7) is 5.94. The van der Waals surface area contributed by atoms with Crippen LogP contribution >= 0.6 is 0 Å². The van der Waals surface area contributed by atoms with Crippen molar-refractivity contribution in [1.82, 2.24) is 15.1 Å². The van der Waals surface area contributed by atoms with E-state index in [1.165, 1.54) is 0 Å². The monoisotopic (exact) mass is 233 g/mol. The Kier molecular flexibility index (Phi) is 3.64. The Morgan fingerprint density at radius 2 is 2.24 bits per heavy atom. The van der Waals surface area contributed by atoms with Gasteiger partial charge in [-0.3, -0.25) is 4.68 Å². The molecule has 0 bridgehead atoms. The average molecular weight is 233 g/mol. The van der Waals surface area contributed by atoms with Gasteiger partial charge in [0.05, 0.1) is 18.3 Å². The summed E-state index contributed by atoms with van der Waals surface area (Å²) >= 11 is 0. The summed E-state index contributed by atoms with van der Waals surface area (Å²) in [6.07, 6.45) is 2.97. The van der Waals surface area contributed by atoms with Gasteiger partial charge in [0.25, 0.3) is 0 Å². The summed E-state index contributed by atoms with van der Waals surface area (Å²) in [5, 5.41) is 7.45. The first-order valence-electron chi connectivity index (χ1n) is 6.02. The third kappa shape index (κ3) is 2.42. The molecular formula is C13H19N3O. The van der Waals surface area contributed by atoms with E-state index in [4.69, 9.17) is 4.42 Å². The summed E-state index contributed by atoms with van der Waals surface area (Å²) in [7, 11) is 1.91. The van der Waals surface area contributed by atoms with Gasteiger partial charge in [-0.15, -0.1) is 0 Å². The summed E-state index contributed by atoms with van der Waals surface area (Å²) in [5.74, 6) is 1.85. The highest BCUT2D eigenvalue weighted by Crippen LogP contribution is 2.25. The quantitative estimate of drug-likeness (QED) is 0.863. The number of rotatable bonds is 5. The van der Waals surface area contributed by atoms with Gasteiger partial charge in [-0.2, -0.15) is 5.10 Å². The summed E-state index contributed by atoms with van der Waals surface area (Å²) in [4.78, 5) is 0. The molecule has 0 amide bonds. The van der Waals surface area contributed by atoms with E-state index in [1.54, 1.807) is 0 Å². The first-order chi connectivity index (χ1) is 8.26. The molecule has 0 fully saturated rings. The maximum absolute atomic E-state index is 5.77. The predicted octanol–water partition coefficient (Wildman–Crippen LogP) is 2.58. The van der Waals surface area contributed by atoms with E-state index in [1.807, 2.05) is 30.1 Å². The number of aromatic nitrogens is 2. The van der Waals surface area contributed by atoms with Crippen molar-refractivity contribution >= 4 is 0 Å². The van der Waals surface area contributed by atoms with Crippen LogP contribution in [0.4, 0.5) is 0 Å². The molecule has 0 aliphatic carbocycles. The van der Waals surface area contributed by atoms with Crippen LogP contribution in [0.25, 0.3) is 11.3 Å². The van der Waals surface area contributed by atoms with Crippen LogP contribution in [0.3, 0.4) is 0 Å². The number of furan rings is 1. The van der Waals surface area contributed by atoms with Crippen LogP contribution in [0.15, 0.2) is 22.7 Å². The zero-order chi connectivity index (χ0) is 12.3. The van der Waals surface area contributed by atoms with Crippen molar-refractivity contribution in [3.05, 3.63) is 29.8 Å². The van der Waals surface area contributed by atoms with Crippen molar-refractivity contribution < 1.29 is 4.42 Å². The van der Waals surface area contributed by atoms with E-state index in [9.17, 15) is 0 Å². The lowest BCUT2D eigenvalue weighted by atomic mass is 10.2. The van der Waals surface area contributed by atoms with Crippen LogP contribution in [0.1, 0.15) is 24.8 Å². The van der Waals surface area contributed by atoms with E-state index in [2.05, 4.69) is 24.3 Å². The fourth-order valence-electron chi connectivity index (χ4n) is 1.92. The average Bonchev–Trinajstić information content (AvgIpc) is 2.89. The number of nitrogens with one attached hydrogen (secondary N) is 1. The topological polar surface area (TPSA) is 43.0 Å². The Morgan fingerprint density at radius 1 is 1.41 bits per heavy atom. The van der Waals surface area contributed by atoms with Gasteiger partial charge in [0.1, 0.15) is 11.5 Å². The highest BCUT2D eigenvalue weighted by Gasteiger charge is 2.11. The van der Waals surface area contributed by atoms with Crippen LogP contribution < -0.4 is 5.32 Å². The molecule has 0 saturated carbocycles. The molecule has 4 nitrogen and oxygen atoms in total. The molecule has 2 aromatic heterocycles. The smallest absolute Gasteiger partial charge is 0.137 e. The molecule has 0 aromatic carbocycles. The van der Waals surface area contributed by atoms with Crippen molar-refractivity contribution in [3.63, 3.8) is 0 Å². The van der Waals surface area contributed by atoms with E-state index >= 15 is 0 Å². The molecule has 17 heavy (non-hydrogen) atoms. The molecule has 0 aliphatic heterocycles. The molecule has 92 valence electrons. The lowest BCUT2D eigenvalue weighted by Gasteiger charge is -2.02. The first-order valence-corrected chi connectivity index (χ1v) is 6.02. The molecule has 2 rings (SSSR count). The van der Waals surface area contributed by atoms with Gasteiger partial charge in [0.2, 0.25) is 0 Å². The summed E-state index contributed by atoms with van der Waals surface area (Å²) in [6, 6.07) is 4.01. The highest BCUT2D eigenvalue weighted by atomic mass is 16.3. The minimum absolute atomic E-state index is 0.752. The molecule has 0 unspecified atom stereocenters. The third-order valence-corrected chi connectivity index (χ3v) is 2.82. The minimum Gasteiger partial charge on any atom is -0.460 e. The van der Waals surface area contributed by atoms with Gasteiger partial charge < -0.3 is 9.73 Å². The second-order valence-electron chi connectivity index (χ2n) is 4.16. The summed E-state index contributed by atoms with van der Waals surface area (Å²) < 4.78 is 7.79. The second kappa shape index (κ2) is 5.19. The number of hydrogen-bond acceptors (Lipinski definition) is 3. The van der Waals surface area contributed by atoms with Gasteiger partial charge in [-0.1, -0.05) is 6.92 Å². The van der Waals surface area contributed by atoms with Gasteiger partial charge >= 0.3 is 0 Å². The Morgan fingerprint density at radius 3 is 2.94 bits per heavy atom. The molecule has 4 heteroatoms. The maximum atomic E-state index is 5.77. The Bertz CT molecular complexity index is 485. The van der Waals surface area contributed by atoms with Crippen molar-refractivity contribution in [2.24, 2.45) is 0 Å². The molecule has 0 aliphatic rings. The van der Waals surface area contributed by atoms with Gasteiger partial charge in [-0.25, -0.2) is 0 Å². The Balaban J connectivity index is 2.26. The minimum atomic E-state index is 0.752. The number of aryl methyl sites for hydroxylation is 1. The van der Waals surface area contributed by atoms with Crippen molar-refractivity contribution in [2.75, 3.05) is 7.05 Å². The van der Waals surface area contributed by atoms with Crippen LogP contribution in [0.2, 0.25) is 0 Å². The standard InChI is InChI=1S/C13H19N3O/c1-4-7-16-10(2)12(9-15-16)13-6-5-11(17-13)8-14-3/h5-6,9,14H,4,7-8H2,1-3H3. The van der Waals surface area contributed by atoms with Crippen LogP contribution in [-0.2, 0) is 13.1 Å². The van der Waals surface area contributed by atoms with Crippen LogP contribution in [0, 0.1) is 6.92 Å². The molecule has 0 radical (unpaired) electrons. The zero-order valence-electron chi connectivity index (χ0n) is 10.7. The molecular weight excluding hydrogens is 214 g/mol. The van der Waals surface area contributed by atoms with E-state index in [-0.39, 0.29) is 0 Å². The SMILES string of the molecule is CCCn1ncc(-c2ccc(CNC)o2)c1C. The van der Waals surface area contributed by atoms with Crippen molar-refractivity contribution in [3.8, 4) is 11.3 Å². The van der Waals surface area contributed by atoms with Crippen molar-refractivity contribution in [1.29, 1.82) is 0 Å². The van der Waals surface area contributed by atoms with Gasteiger partial charge in [0, 0.05) is 12.2 Å². The predicted molar refractivity (Wildman–Crippen MR) is 67.7 cm³/mol. The first kappa shape index (κ1) is 11.9. The van der Waals surface area contributed by atoms with Crippen molar-refractivity contribution in [2.45, 2.75) is 33.4 Å². The van der Waals surface area contributed by atoms with E-state index in [0.717, 1.165) is 42.3 Å². The Hall–Kier alpha value is -1.55. The highest BCUT2D eigenvalue weighted by molar-refractivity contribution is 5.59. The van der Waals surface area contributed by atoms with Crippen LogP contribution in [-0.4, -0.2) is 16.8 Å². The second-order valence-corrected chi connectivity index (χ2v) is 4.16. The molecule has 0 spiro atoms. The van der Waals surface area contributed by atoms with Gasteiger partial charge in [-0.05, 0) is 32.5 Å². The third-order valence-electron chi connectivity index (χ3n) is 2.82. The molecule has 0 atom stereocenters. The Labute approximate surface area is 102 Å². The lowest BCUT2D eigenvalue weighted by Crippen LogP contribution is -2.03. The molecule has 2 heterocycles. The van der Waals surface area contributed by atoms with Gasteiger partial charge in [0.15, 0.2) is 0 Å². The fraction of sp³-hybridized carbons (Fsp3) is 0.462. The summed E-state index contributed by atoms with van der Waals surface area (Å²) in [5.41, 5.74) is 2.25. The molecule has 2 aromatic rings. The van der Waals surface area contributed by atoms with E-state index < -0.39 is 0 Å². The molecule has 1 N–H and O–H groups in total. The number of nitrogens with zero attached hydrogens (tertiary/aromatic N) is 2. The largest absolute Gasteiger partial charge is 0.460 e. The fourth-order valence-corrected chi connectivity index (χ4v) is 1.92. The number of hydrogen-bond donors (Lipinski definition) is 1.